The zero-order valence-electron chi connectivity index (χ0n) is 9.52. The fourth-order valence-electron chi connectivity index (χ4n) is 2.57. The SMILES string of the molecule is O=C(O)CNC1CC(=O)N(C2CCCC2)C1=O. The van der Waals surface area contributed by atoms with Crippen LogP contribution < -0.4 is 5.32 Å². The Morgan fingerprint density at radius 2 is 2.00 bits per heavy atom. The van der Waals surface area contributed by atoms with Crippen LogP contribution in [-0.2, 0) is 14.4 Å². The number of imide groups is 1. The third-order valence-corrected chi connectivity index (χ3v) is 3.37. The second kappa shape index (κ2) is 4.83. The number of rotatable bonds is 4. The number of nitrogens with one attached hydrogen (secondary N) is 1. The number of aliphatic carboxylic acids is 1. The molecule has 0 aromatic rings. The number of carboxylic acid groups (broad SMARTS) is 1. The molecule has 1 saturated heterocycles. The first-order chi connectivity index (χ1) is 8.09. The van der Waals surface area contributed by atoms with Crippen molar-refractivity contribution in [2.45, 2.75) is 44.2 Å². The van der Waals surface area contributed by atoms with E-state index in [2.05, 4.69) is 5.32 Å². The molecule has 2 N–H and O–H groups in total. The smallest absolute Gasteiger partial charge is 0.317 e. The standard InChI is InChI=1S/C11H16N2O4/c14-9-5-8(12-6-10(15)16)11(17)13(9)7-3-1-2-4-7/h7-8,12H,1-6H2,(H,15,16). The molecule has 1 aliphatic carbocycles. The summed E-state index contributed by atoms with van der Waals surface area (Å²) in [6.45, 7) is -0.289. The van der Waals surface area contributed by atoms with E-state index >= 15 is 0 Å². The quantitative estimate of drug-likeness (QED) is 0.661. The summed E-state index contributed by atoms with van der Waals surface area (Å²) in [7, 11) is 0. The fourth-order valence-corrected chi connectivity index (χ4v) is 2.57. The van der Waals surface area contributed by atoms with Crippen LogP contribution in [0.25, 0.3) is 0 Å². The van der Waals surface area contributed by atoms with E-state index in [1.54, 1.807) is 0 Å². The van der Waals surface area contributed by atoms with Crippen LogP contribution in [0.3, 0.4) is 0 Å². The third-order valence-electron chi connectivity index (χ3n) is 3.37. The van der Waals surface area contributed by atoms with Gasteiger partial charge < -0.3 is 5.11 Å². The third kappa shape index (κ3) is 2.46. The lowest BCUT2D eigenvalue weighted by molar-refractivity contribution is -0.141. The topological polar surface area (TPSA) is 86.7 Å². The Labute approximate surface area is 99.0 Å². The van der Waals surface area contributed by atoms with Gasteiger partial charge in [-0.05, 0) is 12.8 Å². The van der Waals surface area contributed by atoms with E-state index in [0.717, 1.165) is 25.7 Å². The van der Waals surface area contributed by atoms with Gasteiger partial charge in [-0.3, -0.25) is 24.6 Å². The van der Waals surface area contributed by atoms with Gasteiger partial charge in [-0.25, -0.2) is 0 Å². The van der Waals surface area contributed by atoms with E-state index in [1.165, 1.54) is 4.90 Å². The Balaban J connectivity index is 1.98. The number of likely N-dealkylation sites (tertiary alicyclic amines) is 1. The van der Waals surface area contributed by atoms with Crippen molar-refractivity contribution in [1.82, 2.24) is 10.2 Å². The highest BCUT2D eigenvalue weighted by Gasteiger charge is 2.42. The van der Waals surface area contributed by atoms with Crippen molar-refractivity contribution in [3.05, 3.63) is 0 Å². The van der Waals surface area contributed by atoms with Gasteiger partial charge in [0.2, 0.25) is 11.8 Å². The van der Waals surface area contributed by atoms with Gasteiger partial charge in [0, 0.05) is 6.04 Å². The molecule has 0 aromatic carbocycles. The second-order valence-electron chi connectivity index (χ2n) is 4.57. The molecule has 1 aliphatic heterocycles. The Kier molecular flexibility index (Phi) is 3.42. The maximum Gasteiger partial charge on any atom is 0.317 e. The Hall–Kier alpha value is -1.43. The van der Waals surface area contributed by atoms with Crippen molar-refractivity contribution >= 4 is 17.8 Å². The number of nitrogens with zero attached hydrogens (tertiary/aromatic N) is 1. The lowest BCUT2D eigenvalue weighted by atomic mass is 10.2. The summed E-state index contributed by atoms with van der Waals surface area (Å²) < 4.78 is 0. The molecule has 0 radical (unpaired) electrons. The van der Waals surface area contributed by atoms with Crippen LogP contribution in [0.2, 0.25) is 0 Å². The molecule has 0 bridgehead atoms. The van der Waals surface area contributed by atoms with E-state index in [1.807, 2.05) is 0 Å². The van der Waals surface area contributed by atoms with Crippen molar-refractivity contribution in [1.29, 1.82) is 0 Å². The Morgan fingerprint density at radius 1 is 1.35 bits per heavy atom. The van der Waals surface area contributed by atoms with Crippen molar-refractivity contribution in [2.75, 3.05) is 6.54 Å². The van der Waals surface area contributed by atoms with Crippen LogP contribution in [-0.4, -0.2) is 46.4 Å². The average molecular weight is 240 g/mol. The summed E-state index contributed by atoms with van der Waals surface area (Å²) in [6, 6.07) is -0.620. The van der Waals surface area contributed by atoms with Gasteiger partial charge in [0.05, 0.1) is 19.0 Å². The predicted octanol–water partition coefficient (Wildman–Crippen LogP) is -0.269. The molecular weight excluding hydrogens is 224 g/mol. The van der Waals surface area contributed by atoms with E-state index in [4.69, 9.17) is 5.11 Å². The van der Waals surface area contributed by atoms with Crippen LogP contribution in [0.15, 0.2) is 0 Å². The molecule has 1 heterocycles. The lowest BCUT2D eigenvalue weighted by Gasteiger charge is -2.22. The molecule has 0 spiro atoms. The zero-order chi connectivity index (χ0) is 12.4. The molecular formula is C11H16N2O4. The lowest BCUT2D eigenvalue weighted by Crippen LogP contribution is -2.44. The number of hydrogen-bond acceptors (Lipinski definition) is 4. The largest absolute Gasteiger partial charge is 0.480 e. The summed E-state index contributed by atoms with van der Waals surface area (Å²) in [5.74, 6) is -1.46. The second-order valence-corrected chi connectivity index (χ2v) is 4.57. The first-order valence-corrected chi connectivity index (χ1v) is 5.90. The summed E-state index contributed by atoms with van der Waals surface area (Å²) >= 11 is 0. The monoisotopic (exact) mass is 240 g/mol. The van der Waals surface area contributed by atoms with Crippen LogP contribution in [0.5, 0.6) is 0 Å². The van der Waals surface area contributed by atoms with Gasteiger partial charge in [-0.2, -0.15) is 0 Å². The molecule has 2 aliphatic rings. The van der Waals surface area contributed by atoms with E-state index in [9.17, 15) is 14.4 Å². The molecule has 94 valence electrons. The van der Waals surface area contributed by atoms with Crippen LogP contribution in [0, 0.1) is 0 Å². The number of amides is 2. The first-order valence-electron chi connectivity index (χ1n) is 5.90. The number of carbonyl (C=O) groups is 3. The Morgan fingerprint density at radius 3 is 2.59 bits per heavy atom. The van der Waals surface area contributed by atoms with E-state index in [-0.39, 0.29) is 30.8 Å². The highest BCUT2D eigenvalue weighted by molar-refractivity contribution is 6.06. The molecule has 1 atom stereocenters. The zero-order valence-corrected chi connectivity index (χ0v) is 9.52. The molecule has 1 saturated carbocycles. The minimum atomic E-state index is -1.02. The van der Waals surface area contributed by atoms with Crippen molar-refractivity contribution in [3.8, 4) is 0 Å². The van der Waals surface area contributed by atoms with Gasteiger partial charge in [0.25, 0.3) is 0 Å². The molecule has 2 rings (SSSR count). The highest BCUT2D eigenvalue weighted by atomic mass is 16.4. The summed E-state index contributed by atoms with van der Waals surface area (Å²) in [5, 5.41) is 11.1. The summed E-state index contributed by atoms with van der Waals surface area (Å²) in [6.07, 6.45) is 3.94. The van der Waals surface area contributed by atoms with E-state index in [0.29, 0.717) is 0 Å². The molecule has 2 fully saturated rings. The maximum absolute atomic E-state index is 12.0. The number of hydrogen-bond donors (Lipinski definition) is 2. The van der Waals surface area contributed by atoms with Crippen LogP contribution in [0.1, 0.15) is 32.1 Å². The molecule has 1 unspecified atom stereocenters. The predicted molar refractivity (Wildman–Crippen MR) is 58.2 cm³/mol. The normalized spacial score (nSPS) is 25.9. The first kappa shape index (κ1) is 12.0. The summed E-state index contributed by atoms with van der Waals surface area (Å²) in [4.78, 5) is 35.5. The van der Waals surface area contributed by atoms with Crippen molar-refractivity contribution < 1.29 is 19.5 Å². The number of carbonyl (C=O) groups excluding carboxylic acids is 2. The van der Waals surface area contributed by atoms with Crippen LogP contribution >= 0.6 is 0 Å². The summed E-state index contributed by atoms with van der Waals surface area (Å²) in [5.41, 5.74) is 0. The van der Waals surface area contributed by atoms with Gasteiger partial charge in [-0.1, -0.05) is 12.8 Å². The minimum absolute atomic E-state index is 0.0339. The van der Waals surface area contributed by atoms with Crippen LogP contribution in [0.4, 0.5) is 0 Å². The number of carboxylic acids is 1. The highest BCUT2D eigenvalue weighted by Crippen LogP contribution is 2.27. The van der Waals surface area contributed by atoms with Gasteiger partial charge in [0.1, 0.15) is 0 Å². The molecule has 6 nitrogen and oxygen atoms in total. The van der Waals surface area contributed by atoms with Crippen molar-refractivity contribution in [2.24, 2.45) is 0 Å². The fraction of sp³-hybridized carbons (Fsp3) is 0.727. The molecule has 2 amide bonds. The van der Waals surface area contributed by atoms with Crippen molar-refractivity contribution in [3.63, 3.8) is 0 Å². The van der Waals surface area contributed by atoms with Gasteiger partial charge >= 0.3 is 5.97 Å². The van der Waals surface area contributed by atoms with E-state index < -0.39 is 12.0 Å². The molecule has 0 aromatic heterocycles. The van der Waals surface area contributed by atoms with Gasteiger partial charge in [-0.15, -0.1) is 0 Å². The average Bonchev–Trinajstić information content (AvgIpc) is 2.84. The Bertz CT molecular complexity index is 349. The molecule has 17 heavy (non-hydrogen) atoms. The minimum Gasteiger partial charge on any atom is -0.480 e. The van der Waals surface area contributed by atoms with Gasteiger partial charge in [0.15, 0.2) is 0 Å². The molecule has 6 heteroatoms. The maximum atomic E-state index is 12.0.